The number of carbonyl (C=O) groups excluding carboxylic acids is 1. The van der Waals surface area contributed by atoms with Crippen LogP contribution >= 0.6 is 12.6 Å². The van der Waals surface area contributed by atoms with Gasteiger partial charge in [0.1, 0.15) is 22.7 Å². The van der Waals surface area contributed by atoms with Gasteiger partial charge in [-0.3, -0.25) is 9.80 Å². The molecule has 0 saturated heterocycles. The minimum absolute atomic E-state index is 0.0494. The molecule has 2 aromatic carbocycles. The van der Waals surface area contributed by atoms with Crippen molar-refractivity contribution in [2.24, 2.45) is 0 Å². The summed E-state index contributed by atoms with van der Waals surface area (Å²) in [5.74, 6) is 1.59. The molecule has 37 heavy (non-hydrogen) atoms. The summed E-state index contributed by atoms with van der Waals surface area (Å²) in [6.07, 6.45) is 5.83. The molecule has 2 aromatic rings. The highest BCUT2D eigenvalue weighted by atomic mass is 32.1. The molecule has 0 radical (unpaired) electrons. The predicted octanol–water partition coefficient (Wildman–Crippen LogP) is 6.25. The molecule has 2 aliphatic heterocycles. The molecule has 8 heteroatoms. The lowest BCUT2D eigenvalue weighted by molar-refractivity contribution is -0.122. The maximum Gasteiger partial charge on any atom is 0.270 e. The molecular formula is C29H35N3O4S. The number of aliphatic hydroxyl groups excluding tert-OH is 1. The first-order chi connectivity index (χ1) is 17.6. The van der Waals surface area contributed by atoms with Gasteiger partial charge in [-0.25, -0.2) is 5.01 Å². The van der Waals surface area contributed by atoms with E-state index in [4.69, 9.17) is 9.47 Å². The van der Waals surface area contributed by atoms with Crippen LogP contribution in [0.4, 0.5) is 17.1 Å². The van der Waals surface area contributed by atoms with Gasteiger partial charge < -0.3 is 19.9 Å². The van der Waals surface area contributed by atoms with Crippen molar-refractivity contribution in [3.63, 3.8) is 0 Å². The number of hydrogen-bond donors (Lipinski definition) is 3. The molecule has 2 N–H and O–H groups in total. The molecule has 2 heterocycles. The fraction of sp³-hybridized carbons (Fsp3) is 0.345. The van der Waals surface area contributed by atoms with Crippen molar-refractivity contribution >= 4 is 41.2 Å². The van der Waals surface area contributed by atoms with Gasteiger partial charge in [0.15, 0.2) is 0 Å². The van der Waals surface area contributed by atoms with Gasteiger partial charge in [-0.05, 0) is 61.1 Å². The zero-order chi connectivity index (χ0) is 26.9. The number of hydrogen-bond acceptors (Lipinski definition) is 7. The third kappa shape index (κ3) is 5.03. The first-order valence-electron chi connectivity index (χ1n) is 12.3. The number of anilines is 3. The summed E-state index contributed by atoms with van der Waals surface area (Å²) < 4.78 is 11.3. The zero-order valence-electron chi connectivity index (χ0n) is 22.2. The standard InChI is InChI=1S/C26H27N3O4.C3H8S/c1-26(2)25(31)29-24-19(15-28(29)21-7-5-6-8-23(21)33-4)17(12-13-20(24)27-26)18-11-9-16(30)10-14-22(18)32-3;1-3(2)4/h5-9,11-14,27,30H,10,15H2,1-4H3;3-4H,1-2H3. The molecule has 5 rings (SSSR count). The van der Waals surface area contributed by atoms with Crippen molar-refractivity contribution in [2.75, 3.05) is 29.6 Å². The Bertz CT molecular complexity index is 1290. The zero-order valence-corrected chi connectivity index (χ0v) is 23.1. The van der Waals surface area contributed by atoms with Crippen LogP contribution in [0.25, 0.3) is 5.57 Å². The maximum absolute atomic E-state index is 13.7. The van der Waals surface area contributed by atoms with Crippen molar-refractivity contribution < 1.29 is 19.4 Å². The number of hydrazine groups is 1. The molecule has 0 saturated carbocycles. The molecule has 196 valence electrons. The monoisotopic (exact) mass is 521 g/mol. The predicted molar refractivity (Wildman–Crippen MR) is 153 cm³/mol. The molecule has 0 spiro atoms. The summed E-state index contributed by atoms with van der Waals surface area (Å²) in [7, 11) is 3.26. The Morgan fingerprint density at radius 3 is 2.46 bits per heavy atom. The van der Waals surface area contributed by atoms with E-state index in [1.54, 1.807) is 25.3 Å². The number of para-hydroxylation sites is 2. The summed E-state index contributed by atoms with van der Waals surface area (Å²) in [5.41, 5.74) is 4.57. The Kier molecular flexibility index (Phi) is 7.50. The lowest BCUT2D eigenvalue weighted by Gasteiger charge is -2.41. The fourth-order valence-corrected chi connectivity index (χ4v) is 4.69. The van der Waals surface area contributed by atoms with E-state index in [-0.39, 0.29) is 11.7 Å². The number of ether oxygens (including phenoxy) is 2. The second-order valence-electron chi connectivity index (χ2n) is 9.89. The van der Waals surface area contributed by atoms with Crippen molar-refractivity contribution in [3.8, 4) is 5.75 Å². The average Bonchev–Trinajstić information content (AvgIpc) is 3.15. The van der Waals surface area contributed by atoms with E-state index in [9.17, 15) is 9.90 Å². The van der Waals surface area contributed by atoms with Gasteiger partial charge in [0.25, 0.3) is 5.91 Å². The lowest BCUT2D eigenvalue weighted by atomic mass is 9.92. The number of rotatable bonds is 4. The number of nitrogens with zero attached hydrogens (tertiary/aromatic N) is 2. The Morgan fingerprint density at radius 1 is 1.08 bits per heavy atom. The van der Waals surface area contributed by atoms with Crippen LogP contribution in [-0.2, 0) is 16.1 Å². The molecular weight excluding hydrogens is 486 g/mol. The summed E-state index contributed by atoms with van der Waals surface area (Å²) >= 11 is 3.97. The number of benzene rings is 2. The highest BCUT2D eigenvalue weighted by molar-refractivity contribution is 7.80. The van der Waals surface area contributed by atoms with E-state index in [1.165, 1.54) is 0 Å². The molecule has 0 fully saturated rings. The molecule has 1 aliphatic carbocycles. The van der Waals surface area contributed by atoms with Crippen LogP contribution in [0.15, 0.2) is 66.1 Å². The van der Waals surface area contributed by atoms with E-state index in [1.807, 2.05) is 81.3 Å². The normalized spacial score (nSPS) is 17.5. The third-order valence-corrected chi connectivity index (χ3v) is 6.30. The van der Waals surface area contributed by atoms with Gasteiger partial charge in [-0.15, -0.1) is 0 Å². The number of nitrogens with one attached hydrogen (secondary N) is 1. The Labute approximate surface area is 224 Å². The first kappa shape index (κ1) is 26.5. The van der Waals surface area contributed by atoms with E-state index in [0.29, 0.717) is 29.7 Å². The number of carbonyl (C=O) groups is 1. The van der Waals surface area contributed by atoms with Gasteiger partial charge >= 0.3 is 0 Å². The van der Waals surface area contributed by atoms with E-state index < -0.39 is 5.54 Å². The molecule has 7 nitrogen and oxygen atoms in total. The average molecular weight is 522 g/mol. The van der Waals surface area contributed by atoms with Gasteiger partial charge in [-0.1, -0.05) is 32.0 Å². The van der Waals surface area contributed by atoms with Gasteiger partial charge in [0.2, 0.25) is 0 Å². The molecule has 0 atom stereocenters. The van der Waals surface area contributed by atoms with Crippen molar-refractivity contribution in [3.05, 3.63) is 77.3 Å². The van der Waals surface area contributed by atoms with Crippen molar-refractivity contribution in [1.82, 2.24) is 0 Å². The second-order valence-corrected chi connectivity index (χ2v) is 10.9. The van der Waals surface area contributed by atoms with Crippen LogP contribution in [-0.4, -0.2) is 36.0 Å². The van der Waals surface area contributed by atoms with Crippen LogP contribution in [0, 0.1) is 0 Å². The SMILES string of the molecule is CC(C)S.COC1=CCC(O)=CC=C1c1ccc2c3c1CN(c1ccccc1OC)N3C(=O)C(C)(C)N2. The number of allylic oxidation sites excluding steroid dienone is 4. The summed E-state index contributed by atoms with van der Waals surface area (Å²) in [6, 6.07) is 11.8. The van der Waals surface area contributed by atoms with Crippen molar-refractivity contribution in [1.29, 1.82) is 0 Å². The van der Waals surface area contributed by atoms with Crippen molar-refractivity contribution in [2.45, 2.75) is 51.4 Å². The van der Waals surface area contributed by atoms with Crippen LogP contribution < -0.4 is 20.1 Å². The minimum Gasteiger partial charge on any atom is -0.512 e. The molecule has 0 bridgehead atoms. The lowest BCUT2D eigenvalue weighted by Crippen LogP contribution is -2.57. The van der Waals surface area contributed by atoms with Gasteiger partial charge in [0.05, 0.1) is 37.9 Å². The molecule has 1 amide bonds. The van der Waals surface area contributed by atoms with E-state index >= 15 is 0 Å². The number of thiol groups is 1. The van der Waals surface area contributed by atoms with E-state index in [0.717, 1.165) is 33.8 Å². The summed E-state index contributed by atoms with van der Waals surface area (Å²) in [5, 5.41) is 17.7. The molecule has 3 aliphatic rings. The van der Waals surface area contributed by atoms with Crippen LogP contribution in [0.1, 0.15) is 45.2 Å². The largest absolute Gasteiger partial charge is 0.512 e. The van der Waals surface area contributed by atoms with Gasteiger partial charge in [0, 0.05) is 17.6 Å². The topological polar surface area (TPSA) is 74.3 Å². The quantitative estimate of drug-likeness (QED) is 0.413. The van der Waals surface area contributed by atoms with E-state index in [2.05, 4.69) is 17.9 Å². The van der Waals surface area contributed by atoms with Crippen LogP contribution in [0.5, 0.6) is 5.75 Å². The molecule has 0 unspecified atom stereocenters. The summed E-state index contributed by atoms with van der Waals surface area (Å²) in [4.78, 5) is 13.7. The Morgan fingerprint density at radius 2 is 1.78 bits per heavy atom. The molecule has 0 aromatic heterocycles. The van der Waals surface area contributed by atoms with Crippen LogP contribution in [0.2, 0.25) is 0 Å². The Hall–Kier alpha value is -3.52. The highest BCUT2D eigenvalue weighted by Crippen LogP contribution is 2.50. The maximum atomic E-state index is 13.7. The third-order valence-electron chi connectivity index (χ3n) is 6.30. The number of methoxy groups -OCH3 is 2. The van der Waals surface area contributed by atoms with Gasteiger partial charge in [-0.2, -0.15) is 12.6 Å². The Balaban J connectivity index is 0.000000747. The second kappa shape index (κ2) is 10.5. The van der Waals surface area contributed by atoms with Crippen LogP contribution in [0.3, 0.4) is 0 Å². The minimum atomic E-state index is -0.774. The first-order valence-corrected chi connectivity index (χ1v) is 12.8. The number of aliphatic hydroxyl groups is 1. The smallest absolute Gasteiger partial charge is 0.270 e. The summed E-state index contributed by atoms with van der Waals surface area (Å²) in [6.45, 7) is 8.31. The fourth-order valence-electron chi connectivity index (χ4n) is 4.69. The number of amides is 1. The highest BCUT2D eigenvalue weighted by Gasteiger charge is 2.47.